The highest BCUT2D eigenvalue weighted by Gasteiger charge is 2.40. The summed E-state index contributed by atoms with van der Waals surface area (Å²) in [5.74, 6) is -0.562. The molecule has 0 unspecified atom stereocenters. The zero-order chi connectivity index (χ0) is 21.9. The number of hydrogen-bond donors (Lipinski definition) is 0. The Labute approximate surface area is 177 Å². The Balaban J connectivity index is 2.13. The van der Waals surface area contributed by atoms with Gasteiger partial charge in [-0.15, -0.1) is 11.8 Å². The third kappa shape index (κ3) is 4.92. The number of carbonyl (C=O) groups is 2. The van der Waals surface area contributed by atoms with E-state index >= 15 is 0 Å². The minimum Gasteiger partial charge on any atom is -0.497 e. The molecule has 1 amide bonds. The fraction of sp³-hybridized carbons (Fsp3) is 0.364. The number of rotatable bonds is 6. The van der Waals surface area contributed by atoms with Gasteiger partial charge in [0, 0.05) is 24.9 Å². The Morgan fingerprint density at radius 1 is 1.21 bits per heavy atom. The normalized spacial score (nSPS) is 22.0. The van der Waals surface area contributed by atoms with Crippen LogP contribution >= 0.6 is 11.8 Å². The van der Waals surface area contributed by atoms with Crippen LogP contribution in [0.3, 0.4) is 0 Å². The number of thioether (sulfide) groups is 1. The van der Waals surface area contributed by atoms with Crippen molar-refractivity contribution in [2.75, 3.05) is 39.2 Å². The smallest absolute Gasteiger partial charge is 0.303 e. The van der Waals surface area contributed by atoms with Crippen LogP contribution in [0.25, 0.3) is 0 Å². The van der Waals surface area contributed by atoms with Gasteiger partial charge in [0.25, 0.3) is 5.91 Å². The average Bonchev–Trinajstić information content (AvgIpc) is 2.80. The van der Waals surface area contributed by atoms with Crippen LogP contribution in [-0.2, 0) is 14.3 Å². The van der Waals surface area contributed by atoms with Gasteiger partial charge in [0.15, 0.2) is 6.08 Å². The number of likely N-dealkylation sites (N-methyl/N-ethyl adjacent to an activating group) is 1. The molecule has 7 heteroatoms. The minimum absolute atomic E-state index is 0.376. The predicted molar refractivity (Wildman–Crippen MR) is 114 cm³/mol. The standard InChI is InChI=1S/C22H26N2O4S/c1-15(25)28-20-21(16-9-11-17(27-4)12-10-16)29-19-8-6-5-7-18(19)24(22(20)26)14-13-23(2)3/h5-12,20-21H,13-14H2,1-4H3/t20-,21+/m1/s1/i20D. The molecule has 1 aliphatic heterocycles. The molecule has 0 saturated heterocycles. The summed E-state index contributed by atoms with van der Waals surface area (Å²) in [5.41, 5.74) is 1.42. The lowest BCUT2D eigenvalue weighted by Crippen LogP contribution is -2.45. The fourth-order valence-corrected chi connectivity index (χ4v) is 4.35. The van der Waals surface area contributed by atoms with Crippen LogP contribution < -0.4 is 9.64 Å². The van der Waals surface area contributed by atoms with Crippen molar-refractivity contribution in [2.45, 2.75) is 23.1 Å². The first-order valence-corrected chi connectivity index (χ1v) is 10.2. The zero-order valence-electron chi connectivity index (χ0n) is 18.0. The van der Waals surface area contributed by atoms with E-state index in [4.69, 9.17) is 10.8 Å². The second-order valence-corrected chi connectivity index (χ2v) is 8.10. The SMILES string of the molecule is [2H][C@]1(OC(C)=O)C(=O)N(CCN(C)C)c2ccccc2S[C@H]1c1ccc(OC)cc1. The summed E-state index contributed by atoms with van der Waals surface area (Å²) in [6.45, 7) is 2.20. The van der Waals surface area contributed by atoms with E-state index in [-0.39, 0.29) is 0 Å². The van der Waals surface area contributed by atoms with Crippen molar-refractivity contribution in [2.24, 2.45) is 0 Å². The Hall–Kier alpha value is -2.51. The van der Waals surface area contributed by atoms with E-state index < -0.39 is 23.2 Å². The van der Waals surface area contributed by atoms with Gasteiger partial charge in [-0.2, -0.15) is 0 Å². The Morgan fingerprint density at radius 2 is 1.90 bits per heavy atom. The molecular weight excluding hydrogens is 388 g/mol. The number of ether oxygens (including phenoxy) is 2. The maximum Gasteiger partial charge on any atom is 0.303 e. The number of esters is 1. The number of nitrogens with zero attached hydrogens (tertiary/aromatic N) is 2. The molecule has 0 aliphatic carbocycles. The number of fused-ring (bicyclic) bond motifs is 1. The summed E-state index contributed by atoms with van der Waals surface area (Å²) < 4.78 is 19.7. The van der Waals surface area contributed by atoms with E-state index in [1.165, 1.54) is 18.7 Å². The van der Waals surface area contributed by atoms with Gasteiger partial charge in [0.2, 0.25) is 0 Å². The third-order valence-electron chi connectivity index (χ3n) is 4.54. The van der Waals surface area contributed by atoms with Crippen LogP contribution in [0.2, 0.25) is 0 Å². The molecule has 3 rings (SSSR count). The fourth-order valence-electron chi connectivity index (χ4n) is 3.09. The van der Waals surface area contributed by atoms with E-state index in [1.54, 1.807) is 36.3 Å². The van der Waals surface area contributed by atoms with E-state index in [0.29, 0.717) is 30.1 Å². The molecule has 2 aromatic carbocycles. The molecule has 154 valence electrons. The van der Waals surface area contributed by atoms with Crippen molar-refractivity contribution in [3.63, 3.8) is 0 Å². The van der Waals surface area contributed by atoms with E-state index in [9.17, 15) is 9.59 Å². The van der Waals surface area contributed by atoms with Gasteiger partial charge < -0.3 is 19.3 Å². The molecule has 0 saturated carbocycles. The Kier molecular flexibility index (Phi) is 6.36. The highest BCUT2D eigenvalue weighted by molar-refractivity contribution is 7.99. The van der Waals surface area contributed by atoms with Crippen molar-refractivity contribution >= 4 is 29.3 Å². The van der Waals surface area contributed by atoms with Gasteiger partial charge >= 0.3 is 5.97 Å². The minimum atomic E-state index is -2.11. The topological polar surface area (TPSA) is 59.1 Å². The highest BCUT2D eigenvalue weighted by Crippen LogP contribution is 2.46. The molecule has 0 fully saturated rings. The first-order chi connectivity index (χ1) is 14.3. The molecule has 6 nitrogen and oxygen atoms in total. The van der Waals surface area contributed by atoms with Crippen LogP contribution in [-0.4, -0.2) is 57.2 Å². The van der Waals surface area contributed by atoms with Gasteiger partial charge in [0.1, 0.15) is 5.75 Å². The zero-order valence-corrected chi connectivity index (χ0v) is 17.9. The second kappa shape index (κ2) is 9.33. The van der Waals surface area contributed by atoms with Crippen LogP contribution in [0, 0.1) is 0 Å². The molecule has 0 N–H and O–H groups in total. The Bertz CT molecular complexity index is 922. The van der Waals surface area contributed by atoms with Crippen molar-refractivity contribution in [3.05, 3.63) is 54.1 Å². The summed E-state index contributed by atoms with van der Waals surface area (Å²) >= 11 is 1.35. The number of hydrogen-bond acceptors (Lipinski definition) is 6. The largest absolute Gasteiger partial charge is 0.497 e. The number of amides is 1. The van der Waals surface area contributed by atoms with Crippen LogP contribution in [0.1, 0.15) is 19.1 Å². The first-order valence-electron chi connectivity index (χ1n) is 9.82. The lowest BCUT2D eigenvalue weighted by atomic mass is 10.1. The van der Waals surface area contributed by atoms with Crippen molar-refractivity contribution in [1.29, 1.82) is 0 Å². The Morgan fingerprint density at radius 3 is 2.52 bits per heavy atom. The third-order valence-corrected chi connectivity index (χ3v) is 5.86. The molecule has 0 bridgehead atoms. The van der Waals surface area contributed by atoms with E-state index in [1.807, 2.05) is 43.3 Å². The molecular formula is C22H26N2O4S. The first kappa shape index (κ1) is 19.8. The van der Waals surface area contributed by atoms with E-state index in [2.05, 4.69) is 0 Å². The van der Waals surface area contributed by atoms with Crippen molar-refractivity contribution < 1.29 is 20.4 Å². The lowest BCUT2D eigenvalue weighted by Gasteiger charge is -2.28. The molecule has 29 heavy (non-hydrogen) atoms. The summed E-state index contributed by atoms with van der Waals surface area (Å²) in [6.07, 6.45) is -2.11. The summed E-state index contributed by atoms with van der Waals surface area (Å²) in [6, 6.07) is 14.7. The summed E-state index contributed by atoms with van der Waals surface area (Å²) in [4.78, 5) is 30.0. The number of para-hydroxylation sites is 1. The van der Waals surface area contributed by atoms with Gasteiger partial charge in [-0.25, -0.2) is 0 Å². The molecule has 0 aromatic heterocycles. The highest BCUT2D eigenvalue weighted by atomic mass is 32.2. The van der Waals surface area contributed by atoms with Crippen molar-refractivity contribution in [3.8, 4) is 5.75 Å². The van der Waals surface area contributed by atoms with Crippen LogP contribution in [0.15, 0.2) is 53.4 Å². The van der Waals surface area contributed by atoms with Gasteiger partial charge in [-0.05, 0) is 43.9 Å². The van der Waals surface area contributed by atoms with Crippen LogP contribution in [0.4, 0.5) is 5.69 Å². The van der Waals surface area contributed by atoms with Crippen LogP contribution in [0.5, 0.6) is 5.75 Å². The molecule has 0 radical (unpaired) electrons. The van der Waals surface area contributed by atoms with Gasteiger partial charge in [-0.1, -0.05) is 24.3 Å². The van der Waals surface area contributed by atoms with Crippen molar-refractivity contribution in [1.82, 2.24) is 4.90 Å². The molecule has 2 aromatic rings. The molecule has 1 heterocycles. The van der Waals surface area contributed by atoms with E-state index in [0.717, 1.165) is 4.90 Å². The molecule has 0 spiro atoms. The number of methoxy groups -OCH3 is 1. The monoisotopic (exact) mass is 415 g/mol. The average molecular weight is 416 g/mol. The number of carbonyl (C=O) groups excluding carboxylic acids is 2. The predicted octanol–water partition coefficient (Wildman–Crippen LogP) is 3.37. The van der Waals surface area contributed by atoms with Gasteiger partial charge in [0.05, 0.1) is 19.4 Å². The lowest BCUT2D eigenvalue weighted by molar-refractivity contribution is -0.152. The molecule has 2 atom stereocenters. The summed E-state index contributed by atoms with van der Waals surface area (Å²) in [5, 5.41) is -0.745. The maximum absolute atomic E-state index is 13.7. The quantitative estimate of drug-likeness (QED) is 0.675. The maximum atomic E-state index is 13.7. The second-order valence-electron chi connectivity index (χ2n) is 6.96. The summed E-state index contributed by atoms with van der Waals surface area (Å²) in [7, 11) is 5.41. The number of benzene rings is 2. The number of anilines is 1. The molecule has 1 aliphatic rings. The van der Waals surface area contributed by atoms with Gasteiger partial charge in [-0.3, -0.25) is 9.59 Å².